The summed E-state index contributed by atoms with van der Waals surface area (Å²) in [6.45, 7) is 2.27. The van der Waals surface area contributed by atoms with Crippen LogP contribution in [0.5, 0.6) is 0 Å². The van der Waals surface area contributed by atoms with Gasteiger partial charge in [-0.2, -0.15) is 0 Å². The minimum absolute atomic E-state index is 0.594. The number of rotatable bonds is 3. The molecular formula is C12H17ClN2OS. The van der Waals surface area contributed by atoms with E-state index in [1.807, 2.05) is 12.1 Å². The molecular weight excluding hydrogens is 256 g/mol. The highest BCUT2D eigenvalue weighted by atomic mass is 35.5. The number of hydrogen-bond acceptors (Lipinski definition) is 3. The van der Waals surface area contributed by atoms with Crippen molar-refractivity contribution in [2.45, 2.75) is 6.42 Å². The fraction of sp³-hybridized carbons (Fsp3) is 0.500. The van der Waals surface area contributed by atoms with E-state index in [9.17, 15) is 4.21 Å². The van der Waals surface area contributed by atoms with E-state index in [1.54, 1.807) is 0 Å². The zero-order chi connectivity index (χ0) is 12.3. The summed E-state index contributed by atoms with van der Waals surface area (Å²) in [6, 6.07) is 5.94. The first kappa shape index (κ1) is 12.9. The van der Waals surface area contributed by atoms with E-state index < -0.39 is 10.8 Å². The Morgan fingerprint density at radius 2 is 2.06 bits per heavy atom. The highest BCUT2D eigenvalue weighted by molar-refractivity contribution is 7.85. The van der Waals surface area contributed by atoms with Gasteiger partial charge in [0.15, 0.2) is 0 Å². The van der Waals surface area contributed by atoms with Gasteiger partial charge >= 0.3 is 0 Å². The fourth-order valence-electron chi connectivity index (χ4n) is 2.11. The molecule has 0 aliphatic carbocycles. The molecule has 0 atom stereocenters. The van der Waals surface area contributed by atoms with Gasteiger partial charge < -0.3 is 10.6 Å². The summed E-state index contributed by atoms with van der Waals surface area (Å²) in [6.07, 6.45) is 0.786. The number of benzene rings is 1. The Balaban J connectivity index is 2.25. The first-order chi connectivity index (χ1) is 8.22. The molecule has 2 rings (SSSR count). The molecule has 0 saturated carbocycles. The minimum Gasteiger partial charge on any atom is -0.369 e. The van der Waals surface area contributed by atoms with Gasteiger partial charge in [-0.15, -0.1) is 0 Å². The number of hydrogen-bond donors (Lipinski definition) is 1. The quantitative estimate of drug-likeness (QED) is 0.905. The van der Waals surface area contributed by atoms with Crippen LogP contribution in [0.4, 0.5) is 5.69 Å². The lowest BCUT2D eigenvalue weighted by molar-refractivity contribution is 0.673. The monoisotopic (exact) mass is 272 g/mol. The number of nitrogens with zero attached hydrogens (tertiary/aromatic N) is 1. The van der Waals surface area contributed by atoms with Crippen LogP contribution in [0.3, 0.4) is 0 Å². The zero-order valence-electron chi connectivity index (χ0n) is 9.69. The largest absolute Gasteiger partial charge is 0.369 e. The average molecular weight is 273 g/mol. The number of nitrogens with two attached hydrogens (primary N) is 1. The van der Waals surface area contributed by atoms with Gasteiger partial charge in [-0.25, -0.2) is 0 Å². The summed E-state index contributed by atoms with van der Waals surface area (Å²) < 4.78 is 11.4. The molecule has 1 aromatic rings. The Morgan fingerprint density at radius 3 is 2.71 bits per heavy atom. The molecule has 2 N–H and O–H groups in total. The lowest BCUT2D eigenvalue weighted by Crippen LogP contribution is -2.38. The molecule has 1 fully saturated rings. The first-order valence-electron chi connectivity index (χ1n) is 5.79. The standard InChI is InChI=1S/C12H17ClN2OS/c13-11-2-1-3-12(10(11)4-5-14)15-6-8-17(16)9-7-15/h1-3H,4-9,14H2. The molecule has 0 bridgehead atoms. The molecule has 1 heterocycles. The van der Waals surface area contributed by atoms with Crippen LogP contribution >= 0.6 is 11.6 Å². The van der Waals surface area contributed by atoms with Crippen LogP contribution in [0, 0.1) is 0 Å². The molecule has 1 saturated heterocycles. The Morgan fingerprint density at radius 1 is 1.35 bits per heavy atom. The molecule has 1 aromatic carbocycles. The van der Waals surface area contributed by atoms with Crippen molar-refractivity contribution in [3.8, 4) is 0 Å². The average Bonchev–Trinajstić information content (AvgIpc) is 2.33. The summed E-state index contributed by atoms with van der Waals surface area (Å²) in [5.41, 5.74) is 7.89. The minimum atomic E-state index is -0.650. The highest BCUT2D eigenvalue weighted by Gasteiger charge is 2.18. The lowest BCUT2D eigenvalue weighted by Gasteiger charge is -2.30. The van der Waals surface area contributed by atoms with E-state index in [0.717, 1.165) is 47.3 Å². The molecule has 0 aromatic heterocycles. The van der Waals surface area contributed by atoms with Crippen molar-refractivity contribution in [2.24, 2.45) is 5.73 Å². The molecule has 0 radical (unpaired) electrons. The van der Waals surface area contributed by atoms with Crippen LogP contribution in [0.15, 0.2) is 18.2 Å². The maximum Gasteiger partial charge on any atom is 0.0459 e. The van der Waals surface area contributed by atoms with Crippen LogP contribution in [0.25, 0.3) is 0 Å². The third kappa shape index (κ3) is 3.00. The molecule has 1 aliphatic heterocycles. The van der Waals surface area contributed by atoms with Gasteiger partial charge in [0.2, 0.25) is 0 Å². The predicted molar refractivity (Wildman–Crippen MR) is 74.3 cm³/mol. The first-order valence-corrected chi connectivity index (χ1v) is 7.66. The molecule has 17 heavy (non-hydrogen) atoms. The van der Waals surface area contributed by atoms with Crippen LogP contribution in [0.2, 0.25) is 5.02 Å². The number of halogens is 1. The van der Waals surface area contributed by atoms with Crippen LogP contribution in [-0.2, 0) is 17.2 Å². The summed E-state index contributed by atoms with van der Waals surface area (Å²) in [5, 5.41) is 0.777. The Bertz CT molecular complexity index is 415. The van der Waals surface area contributed by atoms with E-state index in [4.69, 9.17) is 17.3 Å². The second-order valence-electron chi connectivity index (χ2n) is 4.11. The molecule has 3 nitrogen and oxygen atoms in total. The van der Waals surface area contributed by atoms with Gasteiger partial charge in [-0.1, -0.05) is 17.7 Å². The van der Waals surface area contributed by atoms with E-state index in [0.29, 0.717) is 6.54 Å². The smallest absolute Gasteiger partial charge is 0.0459 e. The summed E-state index contributed by atoms with van der Waals surface area (Å²) in [5.74, 6) is 1.49. The SMILES string of the molecule is NCCc1c(Cl)cccc1N1CCS(=O)CC1. The highest BCUT2D eigenvalue weighted by Crippen LogP contribution is 2.28. The topological polar surface area (TPSA) is 46.3 Å². The van der Waals surface area contributed by atoms with Gasteiger partial charge in [0.1, 0.15) is 0 Å². The summed E-state index contributed by atoms with van der Waals surface area (Å²) in [4.78, 5) is 2.26. The Kier molecular flexibility index (Phi) is 4.42. The van der Waals surface area contributed by atoms with Crippen LogP contribution in [0.1, 0.15) is 5.56 Å². The third-order valence-corrected chi connectivity index (χ3v) is 4.64. The van der Waals surface area contributed by atoms with E-state index in [2.05, 4.69) is 11.0 Å². The van der Waals surface area contributed by atoms with Gasteiger partial charge in [-0.05, 0) is 30.7 Å². The Labute approximate surface area is 109 Å². The molecule has 0 unspecified atom stereocenters. The molecule has 5 heteroatoms. The van der Waals surface area contributed by atoms with Crippen molar-refractivity contribution < 1.29 is 4.21 Å². The lowest BCUT2D eigenvalue weighted by atomic mass is 10.1. The van der Waals surface area contributed by atoms with Crippen LogP contribution < -0.4 is 10.6 Å². The van der Waals surface area contributed by atoms with E-state index in [1.165, 1.54) is 0 Å². The maximum absolute atomic E-state index is 11.4. The Hall–Kier alpha value is -0.580. The van der Waals surface area contributed by atoms with Crippen molar-refractivity contribution in [1.82, 2.24) is 0 Å². The second-order valence-corrected chi connectivity index (χ2v) is 6.21. The van der Waals surface area contributed by atoms with Crippen molar-refractivity contribution in [3.05, 3.63) is 28.8 Å². The van der Waals surface area contributed by atoms with Gasteiger partial charge in [0.25, 0.3) is 0 Å². The van der Waals surface area contributed by atoms with Crippen molar-refractivity contribution in [3.63, 3.8) is 0 Å². The van der Waals surface area contributed by atoms with Crippen molar-refractivity contribution in [1.29, 1.82) is 0 Å². The maximum atomic E-state index is 11.4. The fourth-order valence-corrected chi connectivity index (χ4v) is 3.43. The normalized spacial score (nSPS) is 17.4. The van der Waals surface area contributed by atoms with Crippen LogP contribution in [-0.4, -0.2) is 35.3 Å². The number of anilines is 1. The molecule has 1 aliphatic rings. The molecule has 0 amide bonds. The summed E-state index contributed by atoms with van der Waals surface area (Å²) >= 11 is 6.21. The zero-order valence-corrected chi connectivity index (χ0v) is 11.3. The van der Waals surface area contributed by atoms with Gasteiger partial charge in [-0.3, -0.25) is 4.21 Å². The molecule has 0 spiro atoms. The van der Waals surface area contributed by atoms with E-state index >= 15 is 0 Å². The third-order valence-electron chi connectivity index (χ3n) is 3.01. The summed E-state index contributed by atoms with van der Waals surface area (Å²) in [7, 11) is -0.650. The van der Waals surface area contributed by atoms with Gasteiger partial charge in [0, 0.05) is 46.1 Å². The van der Waals surface area contributed by atoms with Crippen molar-refractivity contribution in [2.75, 3.05) is 36.0 Å². The molecule has 94 valence electrons. The van der Waals surface area contributed by atoms with E-state index in [-0.39, 0.29) is 0 Å². The second kappa shape index (κ2) is 5.85. The van der Waals surface area contributed by atoms with Gasteiger partial charge in [0.05, 0.1) is 0 Å². The predicted octanol–water partition coefficient (Wildman–Crippen LogP) is 1.41. The van der Waals surface area contributed by atoms with Crippen molar-refractivity contribution >= 4 is 28.1 Å².